The van der Waals surface area contributed by atoms with Gasteiger partial charge in [0.05, 0.1) is 6.04 Å². The van der Waals surface area contributed by atoms with Crippen molar-refractivity contribution in [3.8, 4) is 0 Å². The first-order valence-corrected chi connectivity index (χ1v) is 8.00. The molecule has 1 aromatic rings. The fourth-order valence-electron chi connectivity index (χ4n) is 3.67. The van der Waals surface area contributed by atoms with Crippen LogP contribution in [0.5, 0.6) is 0 Å². The predicted octanol–water partition coefficient (Wildman–Crippen LogP) is 2.41. The predicted molar refractivity (Wildman–Crippen MR) is 80.4 cm³/mol. The van der Waals surface area contributed by atoms with E-state index in [1.165, 1.54) is 37.8 Å². The van der Waals surface area contributed by atoms with Crippen molar-refractivity contribution in [2.75, 3.05) is 6.54 Å². The fourth-order valence-corrected chi connectivity index (χ4v) is 3.67. The first-order chi connectivity index (χ1) is 10.2. The Morgan fingerprint density at radius 3 is 3.00 bits per heavy atom. The molecule has 0 bridgehead atoms. The minimum atomic E-state index is -0.222. The zero-order chi connectivity index (χ0) is 14.7. The molecule has 3 unspecified atom stereocenters. The van der Waals surface area contributed by atoms with Gasteiger partial charge in [-0.15, -0.1) is 0 Å². The Balaban J connectivity index is 1.44. The second-order valence-corrected chi connectivity index (χ2v) is 6.28. The maximum Gasteiger partial charge on any atom is 0.237 e. The van der Waals surface area contributed by atoms with Gasteiger partial charge in [-0.05, 0) is 49.3 Å². The molecular weight excluding hydrogens is 267 g/mol. The van der Waals surface area contributed by atoms with Crippen LogP contribution in [0.4, 0.5) is 4.39 Å². The van der Waals surface area contributed by atoms with Crippen LogP contribution in [-0.4, -0.2) is 24.5 Å². The molecule has 1 aliphatic heterocycles. The molecule has 1 heterocycles. The number of carbonyl (C=O) groups is 1. The molecule has 2 fully saturated rings. The number of nitrogens with one attached hydrogen (secondary N) is 2. The number of carbonyl (C=O) groups excluding carboxylic acids is 1. The summed E-state index contributed by atoms with van der Waals surface area (Å²) in [4.78, 5) is 12.2. The van der Waals surface area contributed by atoms with Crippen LogP contribution in [0, 0.1) is 11.7 Å². The molecule has 114 valence electrons. The summed E-state index contributed by atoms with van der Waals surface area (Å²) in [6.07, 6.45) is 6.68. The van der Waals surface area contributed by atoms with Gasteiger partial charge in [0.25, 0.3) is 0 Å². The van der Waals surface area contributed by atoms with Crippen LogP contribution >= 0.6 is 0 Å². The molecule has 0 spiro atoms. The van der Waals surface area contributed by atoms with Crippen molar-refractivity contribution in [3.63, 3.8) is 0 Å². The molecule has 3 rings (SSSR count). The van der Waals surface area contributed by atoms with Gasteiger partial charge in [0, 0.05) is 12.6 Å². The van der Waals surface area contributed by atoms with Gasteiger partial charge in [-0.3, -0.25) is 4.79 Å². The van der Waals surface area contributed by atoms with E-state index in [9.17, 15) is 9.18 Å². The standard InChI is InChI=1S/C17H23FN2O/c18-14-6-3-4-12(10-14)8-9-19-17(21)16-11-13-5-1-2-7-15(13)20-16/h3-4,6,10,13,15-16,20H,1-2,5,7-9,11H2,(H,19,21). The summed E-state index contributed by atoms with van der Waals surface area (Å²) in [6.45, 7) is 0.565. The van der Waals surface area contributed by atoms with Gasteiger partial charge in [0.15, 0.2) is 0 Å². The second kappa shape index (κ2) is 6.56. The highest BCUT2D eigenvalue weighted by Crippen LogP contribution is 2.33. The molecule has 1 aromatic carbocycles. The van der Waals surface area contributed by atoms with Crippen LogP contribution < -0.4 is 10.6 Å². The van der Waals surface area contributed by atoms with Gasteiger partial charge in [0.1, 0.15) is 5.82 Å². The third-order valence-corrected chi connectivity index (χ3v) is 4.78. The molecule has 0 aromatic heterocycles. The number of amides is 1. The normalized spacial score (nSPS) is 28.1. The van der Waals surface area contributed by atoms with Crippen LogP contribution in [0.1, 0.15) is 37.7 Å². The molecular formula is C17H23FN2O. The second-order valence-electron chi connectivity index (χ2n) is 6.28. The molecule has 3 atom stereocenters. The quantitative estimate of drug-likeness (QED) is 0.894. The van der Waals surface area contributed by atoms with Crippen molar-refractivity contribution >= 4 is 5.91 Å². The number of fused-ring (bicyclic) bond motifs is 1. The monoisotopic (exact) mass is 290 g/mol. The van der Waals surface area contributed by atoms with E-state index in [2.05, 4.69) is 10.6 Å². The Hall–Kier alpha value is -1.42. The Morgan fingerprint density at radius 2 is 2.19 bits per heavy atom. The van der Waals surface area contributed by atoms with Gasteiger partial charge < -0.3 is 10.6 Å². The molecule has 1 saturated carbocycles. The van der Waals surface area contributed by atoms with Gasteiger partial charge in [0.2, 0.25) is 5.91 Å². The van der Waals surface area contributed by atoms with E-state index in [1.54, 1.807) is 6.07 Å². The smallest absolute Gasteiger partial charge is 0.237 e. The SMILES string of the molecule is O=C(NCCc1cccc(F)c1)C1CC2CCCCC2N1. The highest BCUT2D eigenvalue weighted by Gasteiger charge is 2.37. The summed E-state index contributed by atoms with van der Waals surface area (Å²) >= 11 is 0. The van der Waals surface area contributed by atoms with Gasteiger partial charge in [-0.1, -0.05) is 25.0 Å². The first-order valence-electron chi connectivity index (χ1n) is 8.00. The van der Waals surface area contributed by atoms with Crippen molar-refractivity contribution in [3.05, 3.63) is 35.6 Å². The van der Waals surface area contributed by atoms with Crippen molar-refractivity contribution in [2.45, 2.75) is 50.6 Å². The number of hydrogen-bond acceptors (Lipinski definition) is 2. The molecule has 1 amide bonds. The maximum absolute atomic E-state index is 13.1. The largest absolute Gasteiger partial charge is 0.354 e. The zero-order valence-corrected chi connectivity index (χ0v) is 12.3. The van der Waals surface area contributed by atoms with Gasteiger partial charge >= 0.3 is 0 Å². The summed E-state index contributed by atoms with van der Waals surface area (Å²) in [6, 6.07) is 7.05. The average Bonchev–Trinajstić information content (AvgIpc) is 2.91. The summed E-state index contributed by atoms with van der Waals surface area (Å²) in [5.41, 5.74) is 0.920. The lowest BCUT2D eigenvalue weighted by atomic mass is 9.85. The number of hydrogen-bond donors (Lipinski definition) is 2. The molecule has 0 radical (unpaired) electrons. The van der Waals surface area contributed by atoms with E-state index in [4.69, 9.17) is 0 Å². The van der Waals surface area contributed by atoms with E-state index in [0.29, 0.717) is 24.9 Å². The molecule has 1 saturated heterocycles. The molecule has 2 aliphatic rings. The molecule has 4 heteroatoms. The Bertz CT molecular complexity index is 491. The molecule has 1 aliphatic carbocycles. The lowest BCUT2D eigenvalue weighted by molar-refractivity contribution is -0.122. The highest BCUT2D eigenvalue weighted by molar-refractivity contribution is 5.82. The van der Waals surface area contributed by atoms with Crippen LogP contribution in [0.15, 0.2) is 24.3 Å². The number of halogens is 1. The van der Waals surface area contributed by atoms with Crippen molar-refractivity contribution in [2.24, 2.45) is 5.92 Å². The molecule has 3 nitrogen and oxygen atoms in total. The Labute approximate surface area is 125 Å². The average molecular weight is 290 g/mol. The maximum atomic E-state index is 13.1. The molecule has 21 heavy (non-hydrogen) atoms. The van der Waals surface area contributed by atoms with E-state index in [0.717, 1.165) is 12.0 Å². The minimum absolute atomic E-state index is 0.0365. The summed E-state index contributed by atoms with van der Waals surface area (Å²) in [7, 11) is 0. The summed E-state index contributed by atoms with van der Waals surface area (Å²) in [5, 5.41) is 6.46. The van der Waals surface area contributed by atoms with Crippen LogP contribution in [0.25, 0.3) is 0 Å². The lowest BCUT2D eigenvalue weighted by Crippen LogP contribution is -2.43. The fraction of sp³-hybridized carbons (Fsp3) is 0.588. The van der Waals surface area contributed by atoms with Crippen molar-refractivity contribution in [1.29, 1.82) is 0 Å². The third-order valence-electron chi connectivity index (χ3n) is 4.78. The van der Waals surface area contributed by atoms with Crippen LogP contribution in [-0.2, 0) is 11.2 Å². The summed E-state index contributed by atoms with van der Waals surface area (Å²) in [5.74, 6) is 0.555. The Morgan fingerprint density at radius 1 is 1.33 bits per heavy atom. The van der Waals surface area contributed by atoms with E-state index >= 15 is 0 Å². The van der Waals surface area contributed by atoms with E-state index in [-0.39, 0.29) is 17.8 Å². The highest BCUT2D eigenvalue weighted by atomic mass is 19.1. The van der Waals surface area contributed by atoms with Crippen LogP contribution in [0.2, 0.25) is 0 Å². The Kier molecular flexibility index (Phi) is 4.54. The minimum Gasteiger partial charge on any atom is -0.354 e. The topological polar surface area (TPSA) is 41.1 Å². The molecule has 2 N–H and O–H groups in total. The third kappa shape index (κ3) is 3.62. The van der Waals surface area contributed by atoms with E-state index in [1.807, 2.05) is 6.07 Å². The van der Waals surface area contributed by atoms with Crippen LogP contribution in [0.3, 0.4) is 0 Å². The first kappa shape index (κ1) is 14.5. The van der Waals surface area contributed by atoms with Crippen molar-refractivity contribution in [1.82, 2.24) is 10.6 Å². The van der Waals surface area contributed by atoms with Gasteiger partial charge in [-0.2, -0.15) is 0 Å². The number of benzene rings is 1. The van der Waals surface area contributed by atoms with Crippen molar-refractivity contribution < 1.29 is 9.18 Å². The number of rotatable bonds is 4. The van der Waals surface area contributed by atoms with E-state index < -0.39 is 0 Å². The van der Waals surface area contributed by atoms with Gasteiger partial charge in [-0.25, -0.2) is 4.39 Å². The lowest BCUT2D eigenvalue weighted by Gasteiger charge is -2.24. The summed E-state index contributed by atoms with van der Waals surface area (Å²) < 4.78 is 13.1. The zero-order valence-electron chi connectivity index (χ0n) is 12.3.